The zero-order valence-corrected chi connectivity index (χ0v) is 19.9. The van der Waals surface area contributed by atoms with Gasteiger partial charge >= 0.3 is 0 Å². The summed E-state index contributed by atoms with van der Waals surface area (Å²) in [5.41, 5.74) is 2.48. The van der Waals surface area contributed by atoms with Crippen molar-refractivity contribution in [2.75, 3.05) is 11.4 Å². The van der Waals surface area contributed by atoms with Crippen LogP contribution >= 0.6 is 11.3 Å². The summed E-state index contributed by atoms with van der Waals surface area (Å²) in [6.07, 6.45) is 6.42. The number of hydrogen-bond acceptors (Lipinski definition) is 4. The van der Waals surface area contributed by atoms with Gasteiger partial charge in [-0.15, -0.1) is 0 Å². The number of halogens is 1. The molecule has 0 spiro atoms. The maximum absolute atomic E-state index is 14.4. The lowest BCUT2D eigenvalue weighted by molar-refractivity contribution is -0.118. The molecule has 0 fully saturated rings. The zero-order chi connectivity index (χ0) is 24.0. The number of imidazole rings is 1. The molecule has 0 saturated heterocycles. The van der Waals surface area contributed by atoms with Crippen LogP contribution in [-0.2, 0) is 11.3 Å². The highest BCUT2D eigenvalue weighted by atomic mass is 32.1. The Balaban J connectivity index is 1.45. The van der Waals surface area contributed by atoms with Gasteiger partial charge in [-0.25, -0.2) is 14.4 Å². The Hall–Kier alpha value is -3.84. The maximum atomic E-state index is 14.4. The highest BCUT2D eigenvalue weighted by molar-refractivity contribution is 7.22. The van der Waals surface area contributed by atoms with E-state index in [-0.39, 0.29) is 24.1 Å². The maximum Gasteiger partial charge on any atom is 0.229 e. The summed E-state index contributed by atoms with van der Waals surface area (Å²) in [6, 6.07) is 25.1. The number of thiazole rings is 1. The number of carbonyl (C=O) groups is 1. The van der Waals surface area contributed by atoms with Gasteiger partial charge in [-0.2, -0.15) is 0 Å². The van der Waals surface area contributed by atoms with E-state index < -0.39 is 0 Å². The number of benzene rings is 3. The molecule has 1 amide bonds. The number of amides is 1. The lowest BCUT2D eigenvalue weighted by Gasteiger charge is -2.24. The summed E-state index contributed by atoms with van der Waals surface area (Å²) in [5.74, 6) is -0.498. The number of aryl methyl sites for hydroxylation is 1. The Morgan fingerprint density at radius 1 is 0.971 bits per heavy atom. The average molecular weight is 485 g/mol. The summed E-state index contributed by atoms with van der Waals surface area (Å²) in [6.45, 7) is 1.21. The Bertz CT molecular complexity index is 1350. The molecule has 2 heterocycles. The van der Waals surface area contributed by atoms with Crippen molar-refractivity contribution in [1.82, 2.24) is 14.5 Å². The van der Waals surface area contributed by atoms with E-state index in [4.69, 9.17) is 0 Å². The molecule has 176 valence electrons. The van der Waals surface area contributed by atoms with Crippen molar-refractivity contribution < 1.29 is 9.18 Å². The van der Waals surface area contributed by atoms with Crippen LogP contribution in [-0.4, -0.2) is 27.0 Å². The summed E-state index contributed by atoms with van der Waals surface area (Å²) in [4.78, 5) is 24.2. The SMILES string of the molecule is O=C(CC(c1ccccc1)c1ccccc1)N(CCCn1ccnc1)c1nc2c(F)cccc2s1. The number of fused-ring (bicyclic) bond motifs is 1. The van der Waals surface area contributed by atoms with Crippen LogP contribution in [0.15, 0.2) is 97.6 Å². The van der Waals surface area contributed by atoms with Crippen LogP contribution in [0.2, 0.25) is 0 Å². The largest absolute Gasteiger partial charge is 0.337 e. The molecule has 0 saturated carbocycles. The first-order valence-electron chi connectivity index (χ1n) is 11.6. The molecular weight excluding hydrogens is 459 g/mol. The standard InChI is InChI=1S/C28H25FN4OS/c29-24-13-7-14-25-27(24)31-28(35-25)33(17-8-16-32-18-15-30-20-32)26(34)19-23(21-9-3-1-4-10-21)22-11-5-2-6-12-22/h1-7,9-15,18,20,23H,8,16-17,19H2. The number of nitrogens with zero attached hydrogens (tertiary/aromatic N) is 4. The average Bonchev–Trinajstić information content (AvgIpc) is 3.57. The molecular formula is C28H25FN4OS. The molecule has 0 unspecified atom stereocenters. The number of rotatable bonds is 9. The van der Waals surface area contributed by atoms with E-state index in [0.717, 1.165) is 28.8 Å². The van der Waals surface area contributed by atoms with Gasteiger partial charge in [0, 0.05) is 37.8 Å². The molecule has 0 aliphatic heterocycles. The van der Waals surface area contributed by atoms with E-state index in [9.17, 15) is 9.18 Å². The van der Waals surface area contributed by atoms with Gasteiger partial charge in [0.05, 0.1) is 11.0 Å². The fourth-order valence-electron chi connectivity index (χ4n) is 4.26. The van der Waals surface area contributed by atoms with E-state index in [1.807, 2.05) is 53.2 Å². The summed E-state index contributed by atoms with van der Waals surface area (Å²) in [5, 5.41) is 0.528. The molecule has 0 aliphatic carbocycles. The van der Waals surface area contributed by atoms with Crippen LogP contribution in [0.4, 0.5) is 9.52 Å². The molecule has 5 nitrogen and oxygen atoms in total. The van der Waals surface area contributed by atoms with Gasteiger partial charge < -0.3 is 4.57 Å². The Kier molecular flexibility index (Phi) is 6.95. The topological polar surface area (TPSA) is 51.0 Å². The first-order chi connectivity index (χ1) is 17.2. The fourth-order valence-corrected chi connectivity index (χ4v) is 5.28. The molecule has 0 bridgehead atoms. The van der Waals surface area contributed by atoms with Crippen LogP contribution in [0.3, 0.4) is 0 Å². The molecule has 35 heavy (non-hydrogen) atoms. The highest BCUT2D eigenvalue weighted by Crippen LogP contribution is 2.33. The van der Waals surface area contributed by atoms with Crippen molar-refractivity contribution in [3.05, 3.63) is 115 Å². The molecule has 0 radical (unpaired) electrons. The van der Waals surface area contributed by atoms with Crippen molar-refractivity contribution in [2.24, 2.45) is 0 Å². The second kappa shape index (κ2) is 10.6. The van der Waals surface area contributed by atoms with Gasteiger partial charge in [0.15, 0.2) is 5.13 Å². The second-order valence-corrected chi connectivity index (χ2v) is 9.37. The first kappa shape index (κ1) is 22.9. The van der Waals surface area contributed by atoms with Crippen LogP contribution < -0.4 is 4.90 Å². The molecule has 3 aromatic carbocycles. The molecule has 0 N–H and O–H groups in total. The number of para-hydroxylation sites is 1. The van der Waals surface area contributed by atoms with E-state index in [2.05, 4.69) is 34.2 Å². The smallest absolute Gasteiger partial charge is 0.229 e. The molecule has 0 atom stereocenters. The van der Waals surface area contributed by atoms with Crippen LogP contribution in [0, 0.1) is 5.82 Å². The normalized spacial score (nSPS) is 11.3. The third-order valence-electron chi connectivity index (χ3n) is 6.03. The number of anilines is 1. The predicted molar refractivity (Wildman–Crippen MR) is 138 cm³/mol. The van der Waals surface area contributed by atoms with E-state index in [1.165, 1.54) is 17.4 Å². The van der Waals surface area contributed by atoms with Gasteiger partial charge in [0.1, 0.15) is 11.3 Å². The molecule has 0 aliphatic rings. The first-order valence-corrected chi connectivity index (χ1v) is 12.4. The van der Waals surface area contributed by atoms with Crippen molar-refractivity contribution >= 4 is 32.6 Å². The van der Waals surface area contributed by atoms with Crippen LogP contribution in [0.25, 0.3) is 10.2 Å². The summed E-state index contributed by atoms with van der Waals surface area (Å²) in [7, 11) is 0. The fraction of sp³-hybridized carbons (Fsp3) is 0.179. The van der Waals surface area contributed by atoms with E-state index in [0.29, 0.717) is 17.2 Å². The van der Waals surface area contributed by atoms with Crippen molar-refractivity contribution in [3.8, 4) is 0 Å². The van der Waals surface area contributed by atoms with E-state index in [1.54, 1.807) is 23.5 Å². The highest BCUT2D eigenvalue weighted by Gasteiger charge is 2.25. The number of aromatic nitrogens is 3. The molecule has 5 rings (SSSR count). The second-order valence-electron chi connectivity index (χ2n) is 8.36. The molecule has 5 aromatic rings. The molecule has 7 heteroatoms. The van der Waals surface area contributed by atoms with Crippen LogP contribution in [0.5, 0.6) is 0 Å². The van der Waals surface area contributed by atoms with Crippen molar-refractivity contribution in [2.45, 2.75) is 25.3 Å². The minimum Gasteiger partial charge on any atom is -0.337 e. The Morgan fingerprint density at radius 2 is 1.69 bits per heavy atom. The monoisotopic (exact) mass is 484 g/mol. The van der Waals surface area contributed by atoms with Gasteiger partial charge in [0.25, 0.3) is 0 Å². The third-order valence-corrected chi connectivity index (χ3v) is 7.07. The van der Waals surface area contributed by atoms with Crippen molar-refractivity contribution in [1.29, 1.82) is 0 Å². The van der Waals surface area contributed by atoms with Crippen LogP contribution in [0.1, 0.15) is 29.9 Å². The predicted octanol–water partition coefficient (Wildman–Crippen LogP) is 6.28. The zero-order valence-electron chi connectivity index (χ0n) is 19.1. The van der Waals surface area contributed by atoms with Crippen molar-refractivity contribution in [3.63, 3.8) is 0 Å². The Morgan fingerprint density at radius 3 is 2.31 bits per heavy atom. The van der Waals surface area contributed by atoms with Gasteiger partial charge in [-0.3, -0.25) is 9.69 Å². The number of carbonyl (C=O) groups excluding carboxylic acids is 1. The molecule has 2 aromatic heterocycles. The Labute approximate surface area is 207 Å². The number of hydrogen-bond donors (Lipinski definition) is 0. The third kappa shape index (κ3) is 5.30. The quantitative estimate of drug-likeness (QED) is 0.247. The lowest BCUT2D eigenvalue weighted by atomic mass is 9.88. The van der Waals surface area contributed by atoms with Gasteiger partial charge in [-0.05, 0) is 29.7 Å². The summed E-state index contributed by atoms with van der Waals surface area (Å²) < 4.78 is 17.1. The van der Waals surface area contributed by atoms with E-state index >= 15 is 0 Å². The van der Waals surface area contributed by atoms with Gasteiger partial charge in [0.2, 0.25) is 5.91 Å². The van der Waals surface area contributed by atoms with Gasteiger partial charge in [-0.1, -0.05) is 78.1 Å². The minimum absolute atomic E-state index is 0.0344. The minimum atomic E-state index is -0.373. The summed E-state index contributed by atoms with van der Waals surface area (Å²) >= 11 is 1.35. The lowest BCUT2D eigenvalue weighted by Crippen LogP contribution is -2.33.